The smallest absolute Gasteiger partial charge is 0.258 e. The molecule has 1 saturated heterocycles. The third-order valence-electron chi connectivity index (χ3n) is 6.22. The Kier molecular flexibility index (Phi) is 5.91. The summed E-state index contributed by atoms with van der Waals surface area (Å²) in [5, 5.41) is 12.4. The highest BCUT2D eigenvalue weighted by Crippen LogP contribution is 2.42. The fraction of sp³-hybridized carbons (Fsp3) is 0.409. The monoisotopic (exact) mass is 452 g/mol. The predicted molar refractivity (Wildman–Crippen MR) is 118 cm³/mol. The number of carbonyl (C=O) groups excluding carboxylic acids is 2. The molecule has 11 nitrogen and oxygen atoms in total. The fourth-order valence-electron chi connectivity index (χ4n) is 4.44. The van der Waals surface area contributed by atoms with Gasteiger partial charge < -0.3 is 25.4 Å². The molecule has 4 N–H and O–H groups in total. The summed E-state index contributed by atoms with van der Waals surface area (Å²) in [6, 6.07) is 7.00. The van der Waals surface area contributed by atoms with Crippen LogP contribution in [0.1, 0.15) is 29.9 Å². The van der Waals surface area contributed by atoms with Crippen LogP contribution in [0, 0.1) is 23.2 Å². The van der Waals surface area contributed by atoms with Crippen LogP contribution < -0.4 is 31.0 Å². The number of methoxy groups -OCH3 is 2. The lowest BCUT2D eigenvalue weighted by Crippen LogP contribution is -2.42. The summed E-state index contributed by atoms with van der Waals surface area (Å²) in [6.07, 6.45) is 1.09. The second kappa shape index (κ2) is 8.82. The van der Waals surface area contributed by atoms with Crippen LogP contribution >= 0.6 is 0 Å². The molecule has 172 valence electrons. The van der Waals surface area contributed by atoms with Gasteiger partial charge in [0.1, 0.15) is 23.2 Å². The molecule has 3 heterocycles. The first-order valence-electron chi connectivity index (χ1n) is 10.5. The van der Waals surface area contributed by atoms with Crippen LogP contribution in [0.5, 0.6) is 11.5 Å². The van der Waals surface area contributed by atoms with E-state index >= 15 is 0 Å². The van der Waals surface area contributed by atoms with Crippen molar-refractivity contribution < 1.29 is 19.1 Å². The predicted octanol–water partition coefficient (Wildman–Crippen LogP) is 0.713. The molecule has 2 aromatic rings. The van der Waals surface area contributed by atoms with Gasteiger partial charge in [0.25, 0.3) is 5.56 Å². The zero-order chi connectivity index (χ0) is 23.7. The number of aromatic nitrogens is 2. The normalized spacial score (nSPS) is 20.4. The van der Waals surface area contributed by atoms with E-state index in [9.17, 15) is 19.6 Å². The average Bonchev–Trinajstić information content (AvgIpc) is 2.82. The third kappa shape index (κ3) is 3.95. The van der Waals surface area contributed by atoms with Crippen molar-refractivity contribution in [2.75, 3.05) is 37.5 Å². The highest BCUT2D eigenvalue weighted by atomic mass is 16.5. The quantitative estimate of drug-likeness (QED) is 0.597. The van der Waals surface area contributed by atoms with E-state index in [1.165, 1.54) is 14.2 Å². The van der Waals surface area contributed by atoms with Crippen LogP contribution in [0.15, 0.2) is 23.0 Å². The first-order chi connectivity index (χ1) is 15.9. The van der Waals surface area contributed by atoms with Gasteiger partial charge in [0.15, 0.2) is 0 Å². The Hall–Kier alpha value is -4.07. The van der Waals surface area contributed by atoms with E-state index in [-0.39, 0.29) is 29.2 Å². The summed E-state index contributed by atoms with van der Waals surface area (Å²) in [6.45, 7) is 0.972. The average molecular weight is 452 g/mol. The molecule has 4 rings (SSSR count). The van der Waals surface area contributed by atoms with Crippen molar-refractivity contribution in [3.8, 4) is 17.6 Å². The Morgan fingerprint density at radius 2 is 1.97 bits per heavy atom. The molecule has 1 aromatic heterocycles. The molecule has 33 heavy (non-hydrogen) atoms. The lowest BCUT2D eigenvalue weighted by molar-refractivity contribution is -0.122. The van der Waals surface area contributed by atoms with Crippen molar-refractivity contribution in [1.82, 2.24) is 9.97 Å². The first-order valence-corrected chi connectivity index (χ1v) is 10.5. The van der Waals surface area contributed by atoms with Crippen molar-refractivity contribution in [3.63, 3.8) is 0 Å². The minimum Gasteiger partial charge on any atom is -0.497 e. The summed E-state index contributed by atoms with van der Waals surface area (Å²) in [5.41, 5.74) is 5.62. The van der Waals surface area contributed by atoms with Crippen LogP contribution in [-0.2, 0) is 9.59 Å². The van der Waals surface area contributed by atoms with Crippen LogP contribution in [0.25, 0.3) is 0 Å². The van der Waals surface area contributed by atoms with Gasteiger partial charge in [-0.05, 0) is 18.9 Å². The number of H-pyrrole nitrogens is 1. The summed E-state index contributed by atoms with van der Waals surface area (Å²) in [5.74, 6) is -1.83. The van der Waals surface area contributed by atoms with E-state index in [2.05, 4.69) is 15.3 Å². The minimum absolute atomic E-state index is 0.102. The van der Waals surface area contributed by atoms with Crippen molar-refractivity contribution in [1.29, 1.82) is 5.26 Å². The van der Waals surface area contributed by atoms with E-state index < -0.39 is 23.3 Å². The number of hydrogen-bond donors (Lipinski definition) is 3. The summed E-state index contributed by atoms with van der Waals surface area (Å²) >= 11 is 0. The van der Waals surface area contributed by atoms with Crippen molar-refractivity contribution in [3.05, 3.63) is 39.7 Å². The summed E-state index contributed by atoms with van der Waals surface area (Å²) < 4.78 is 10.7. The standard InChI is InChI=1S/C22H24N6O5/c1-32-12-3-4-13(15(9-12)33-2)16-14(10-23)20(30)25-19-17(16)21(31)27-22(26-19)28-7-5-11(6-8-28)18(24)29/h3-4,9,11,14,16H,5-8H2,1-2H3,(H2,24,29)(H2,25,26,27,30,31). The molecule has 1 aromatic carbocycles. The number of piperidine rings is 1. The van der Waals surface area contributed by atoms with E-state index in [1.54, 1.807) is 18.2 Å². The van der Waals surface area contributed by atoms with Crippen molar-refractivity contribution in [2.45, 2.75) is 18.8 Å². The minimum atomic E-state index is -1.15. The number of aromatic amines is 1. The number of hydrogen-bond acceptors (Lipinski definition) is 8. The maximum atomic E-state index is 13.3. The lowest BCUT2D eigenvalue weighted by Gasteiger charge is -2.33. The zero-order valence-corrected chi connectivity index (χ0v) is 18.3. The number of primary amides is 1. The fourth-order valence-corrected chi connectivity index (χ4v) is 4.44. The zero-order valence-electron chi connectivity index (χ0n) is 18.3. The summed E-state index contributed by atoms with van der Waals surface area (Å²) in [7, 11) is 2.98. The molecule has 0 spiro atoms. The number of fused-ring (bicyclic) bond motifs is 1. The molecule has 11 heteroatoms. The maximum absolute atomic E-state index is 13.3. The number of anilines is 2. The molecular weight excluding hydrogens is 428 g/mol. The number of nitrogens with two attached hydrogens (primary N) is 1. The number of amides is 2. The van der Waals surface area contributed by atoms with Crippen LogP contribution in [0.2, 0.25) is 0 Å². The Balaban J connectivity index is 1.78. The number of ether oxygens (including phenoxy) is 2. The van der Waals surface area contributed by atoms with Gasteiger partial charge in [-0.15, -0.1) is 0 Å². The molecule has 2 aliphatic heterocycles. The van der Waals surface area contributed by atoms with Gasteiger partial charge >= 0.3 is 0 Å². The summed E-state index contributed by atoms with van der Waals surface area (Å²) in [4.78, 5) is 46.6. The topological polar surface area (TPSA) is 163 Å². The van der Waals surface area contributed by atoms with Gasteiger partial charge in [-0.1, -0.05) is 6.07 Å². The number of rotatable bonds is 5. The van der Waals surface area contributed by atoms with Crippen molar-refractivity contribution >= 4 is 23.6 Å². The van der Waals surface area contributed by atoms with Crippen LogP contribution in [0.3, 0.4) is 0 Å². The Morgan fingerprint density at radius 1 is 1.24 bits per heavy atom. The second-order valence-electron chi connectivity index (χ2n) is 8.00. The Labute approximate surface area is 189 Å². The third-order valence-corrected chi connectivity index (χ3v) is 6.22. The molecule has 0 bridgehead atoms. The van der Waals surface area contributed by atoms with Gasteiger partial charge in [0.2, 0.25) is 17.8 Å². The first kappa shape index (κ1) is 22.1. The van der Waals surface area contributed by atoms with E-state index in [1.807, 2.05) is 11.0 Å². The van der Waals surface area contributed by atoms with Gasteiger partial charge in [0.05, 0.1) is 25.9 Å². The number of nitrogens with one attached hydrogen (secondary N) is 2. The number of nitriles is 1. The highest BCUT2D eigenvalue weighted by Gasteiger charge is 2.42. The molecule has 0 aliphatic carbocycles. The number of benzene rings is 1. The second-order valence-corrected chi connectivity index (χ2v) is 8.00. The molecule has 2 atom stereocenters. The van der Waals surface area contributed by atoms with E-state index in [4.69, 9.17) is 15.2 Å². The van der Waals surface area contributed by atoms with Gasteiger partial charge in [-0.25, -0.2) is 0 Å². The lowest BCUT2D eigenvalue weighted by atomic mass is 9.78. The Bertz CT molecular complexity index is 1190. The molecule has 2 unspecified atom stereocenters. The molecular formula is C22H24N6O5. The molecule has 2 amide bonds. The largest absolute Gasteiger partial charge is 0.497 e. The van der Waals surface area contributed by atoms with Gasteiger partial charge in [-0.3, -0.25) is 19.4 Å². The van der Waals surface area contributed by atoms with Crippen LogP contribution in [-0.4, -0.2) is 49.1 Å². The van der Waals surface area contributed by atoms with Crippen LogP contribution in [0.4, 0.5) is 11.8 Å². The molecule has 2 aliphatic rings. The molecule has 0 saturated carbocycles. The number of nitrogens with zero attached hydrogens (tertiary/aromatic N) is 3. The Morgan fingerprint density at radius 3 is 2.58 bits per heavy atom. The van der Waals surface area contributed by atoms with Gasteiger partial charge in [-0.2, -0.15) is 10.2 Å². The SMILES string of the molecule is COc1ccc(C2c3c(nc(N4CCC(C(N)=O)CC4)[nH]c3=O)NC(=O)C2C#N)c(OC)c1. The molecule has 0 radical (unpaired) electrons. The number of carbonyl (C=O) groups is 2. The highest BCUT2D eigenvalue weighted by molar-refractivity contribution is 5.98. The molecule has 1 fully saturated rings. The maximum Gasteiger partial charge on any atom is 0.258 e. The van der Waals surface area contributed by atoms with E-state index in [0.717, 1.165) is 0 Å². The van der Waals surface area contributed by atoms with Gasteiger partial charge in [0, 0.05) is 36.6 Å². The van der Waals surface area contributed by atoms with Crippen molar-refractivity contribution in [2.24, 2.45) is 17.6 Å². The van der Waals surface area contributed by atoms with E-state index in [0.29, 0.717) is 43.0 Å².